The molecule has 0 atom stereocenters. The zero-order chi connectivity index (χ0) is 17.6. The summed E-state index contributed by atoms with van der Waals surface area (Å²) in [6.07, 6.45) is 0. The van der Waals surface area contributed by atoms with Gasteiger partial charge in [0.2, 0.25) is 5.16 Å². The van der Waals surface area contributed by atoms with Gasteiger partial charge in [0, 0.05) is 16.3 Å². The Hall–Kier alpha value is -2.18. The average molecular weight is 376 g/mol. The summed E-state index contributed by atoms with van der Waals surface area (Å²) in [5, 5.41) is 8.50. The van der Waals surface area contributed by atoms with Crippen molar-refractivity contribution in [3.05, 3.63) is 53.1 Å². The van der Waals surface area contributed by atoms with Crippen molar-refractivity contribution in [1.82, 2.24) is 15.2 Å². The molecule has 0 aliphatic heterocycles. The molecule has 0 aliphatic carbocycles. The third-order valence-electron chi connectivity index (χ3n) is 3.51. The number of rotatable bonds is 7. The highest BCUT2D eigenvalue weighted by molar-refractivity contribution is 7.98. The van der Waals surface area contributed by atoms with Crippen molar-refractivity contribution in [3.8, 4) is 22.9 Å². The molecule has 3 aromatic rings. The van der Waals surface area contributed by atoms with Crippen molar-refractivity contribution in [1.29, 1.82) is 0 Å². The van der Waals surface area contributed by atoms with Gasteiger partial charge in [0.05, 0.1) is 19.3 Å². The second-order valence-electron chi connectivity index (χ2n) is 5.14. The van der Waals surface area contributed by atoms with Gasteiger partial charge in [0.15, 0.2) is 5.82 Å². The topological polar surface area (TPSA) is 60.0 Å². The molecule has 5 nitrogen and oxygen atoms in total. The van der Waals surface area contributed by atoms with Crippen LogP contribution >= 0.6 is 23.4 Å². The number of ether oxygens (including phenoxy) is 2. The van der Waals surface area contributed by atoms with E-state index in [-0.39, 0.29) is 0 Å². The zero-order valence-corrected chi connectivity index (χ0v) is 15.5. The third kappa shape index (κ3) is 4.27. The Labute approximate surface area is 155 Å². The Kier molecular flexibility index (Phi) is 5.83. The summed E-state index contributed by atoms with van der Waals surface area (Å²) >= 11 is 7.62. The smallest absolute Gasteiger partial charge is 0.209 e. The largest absolute Gasteiger partial charge is 0.496 e. The molecule has 25 heavy (non-hydrogen) atoms. The predicted molar refractivity (Wildman–Crippen MR) is 101 cm³/mol. The lowest BCUT2D eigenvalue weighted by atomic mass is 10.2. The summed E-state index contributed by atoms with van der Waals surface area (Å²) in [5.74, 6) is 2.93. The Balaban J connectivity index is 1.76. The first kappa shape index (κ1) is 17.6. The van der Waals surface area contributed by atoms with E-state index < -0.39 is 0 Å². The van der Waals surface area contributed by atoms with Gasteiger partial charge in [-0.1, -0.05) is 41.6 Å². The maximum atomic E-state index is 6.08. The van der Waals surface area contributed by atoms with Crippen LogP contribution < -0.4 is 9.47 Å². The van der Waals surface area contributed by atoms with Crippen LogP contribution in [0, 0.1) is 0 Å². The number of thioether (sulfide) groups is 1. The number of nitrogens with one attached hydrogen (secondary N) is 1. The van der Waals surface area contributed by atoms with Crippen LogP contribution in [-0.2, 0) is 5.75 Å². The Morgan fingerprint density at radius 3 is 2.80 bits per heavy atom. The Morgan fingerprint density at radius 2 is 2.00 bits per heavy atom. The first-order valence-electron chi connectivity index (χ1n) is 7.81. The van der Waals surface area contributed by atoms with Crippen LogP contribution in [0.1, 0.15) is 12.5 Å². The van der Waals surface area contributed by atoms with Gasteiger partial charge >= 0.3 is 0 Å². The molecule has 0 saturated carbocycles. The van der Waals surface area contributed by atoms with E-state index in [1.54, 1.807) is 19.2 Å². The zero-order valence-electron chi connectivity index (χ0n) is 14.0. The lowest BCUT2D eigenvalue weighted by Gasteiger charge is -2.08. The molecule has 1 aromatic heterocycles. The first-order valence-corrected chi connectivity index (χ1v) is 9.17. The lowest BCUT2D eigenvalue weighted by Crippen LogP contribution is -1.95. The fourth-order valence-corrected chi connectivity index (χ4v) is 3.32. The van der Waals surface area contributed by atoms with Crippen LogP contribution in [0.15, 0.2) is 47.6 Å². The molecule has 0 aliphatic rings. The van der Waals surface area contributed by atoms with Crippen molar-refractivity contribution in [2.24, 2.45) is 0 Å². The SMILES string of the molecule is CCOc1ccccc1CSc1n[nH]c(-c2cc(Cl)ccc2OC)n1. The van der Waals surface area contributed by atoms with Crippen LogP contribution in [0.3, 0.4) is 0 Å². The minimum absolute atomic E-state index is 0.618. The molecular formula is C18H18ClN3O2S. The number of para-hydroxylation sites is 1. The van der Waals surface area contributed by atoms with Crippen molar-refractivity contribution < 1.29 is 9.47 Å². The number of aromatic nitrogens is 3. The number of methoxy groups -OCH3 is 1. The molecule has 130 valence electrons. The molecule has 7 heteroatoms. The lowest BCUT2D eigenvalue weighted by molar-refractivity contribution is 0.337. The molecule has 0 saturated heterocycles. The number of aromatic amines is 1. The van der Waals surface area contributed by atoms with Crippen molar-refractivity contribution >= 4 is 23.4 Å². The molecular weight excluding hydrogens is 358 g/mol. The Bertz CT molecular complexity index is 854. The van der Waals surface area contributed by atoms with Crippen LogP contribution in [0.5, 0.6) is 11.5 Å². The summed E-state index contributed by atoms with van der Waals surface area (Å²) in [7, 11) is 1.61. The van der Waals surface area contributed by atoms with Crippen LogP contribution in [-0.4, -0.2) is 28.9 Å². The molecule has 0 unspecified atom stereocenters. The van der Waals surface area contributed by atoms with E-state index in [1.165, 1.54) is 11.8 Å². The molecule has 3 rings (SSSR count). The van der Waals surface area contributed by atoms with E-state index in [0.717, 1.165) is 22.6 Å². The van der Waals surface area contributed by atoms with E-state index in [2.05, 4.69) is 15.2 Å². The van der Waals surface area contributed by atoms with Crippen LogP contribution in [0.2, 0.25) is 5.02 Å². The van der Waals surface area contributed by atoms with E-state index >= 15 is 0 Å². The molecule has 0 amide bonds. The van der Waals surface area contributed by atoms with Gasteiger partial charge in [-0.3, -0.25) is 5.10 Å². The van der Waals surface area contributed by atoms with Gasteiger partial charge in [-0.15, -0.1) is 5.10 Å². The number of nitrogens with zero attached hydrogens (tertiary/aromatic N) is 2. The number of halogens is 1. The van der Waals surface area contributed by atoms with Gasteiger partial charge < -0.3 is 9.47 Å². The molecule has 1 N–H and O–H groups in total. The predicted octanol–water partition coefficient (Wildman–Crippen LogP) is 4.82. The molecule has 2 aromatic carbocycles. The fraction of sp³-hybridized carbons (Fsp3) is 0.222. The monoisotopic (exact) mass is 375 g/mol. The highest BCUT2D eigenvalue weighted by atomic mass is 35.5. The second-order valence-corrected chi connectivity index (χ2v) is 6.52. The van der Waals surface area contributed by atoms with E-state index in [1.807, 2.05) is 37.3 Å². The second kappa shape index (κ2) is 8.27. The standard InChI is InChI=1S/C18H18ClN3O2S/c1-3-24-15-7-5-4-6-12(15)11-25-18-20-17(21-22-18)14-10-13(19)8-9-16(14)23-2/h4-10H,3,11H2,1-2H3,(H,20,21,22). The molecule has 1 heterocycles. The normalized spacial score (nSPS) is 10.7. The average Bonchev–Trinajstić information content (AvgIpc) is 3.10. The quantitative estimate of drug-likeness (QED) is 0.599. The van der Waals surface area contributed by atoms with Crippen LogP contribution in [0.4, 0.5) is 0 Å². The number of H-pyrrole nitrogens is 1. The van der Waals surface area contributed by atoms with E-state index in [4.69, 9.17) is 21.1 Å². The summed E-state index contributed by atoms with van der Waals surface area (Å²) in [6.45, 7) is 2.62. The van der Waals surface area contributed by atoms with E-state index in [9.17, 15) is 0 Å². The van der Waals surface area contributed by atoms with Gasteiger partial charge in [0.25, 0.3) is 0 Å². The maximum Gasteiger partial charge on any atom is 0.209 e. The fourth-order valence-electron chi connectivity index (χ4n) is 2.36. The summed E-state index contributed by atoms with van der Waals surface area (Å²) < 4.78 is 11.0. The van der Waals surface area contributed by atoms with Crippen LogP contribution in [0.25, 0.3) is 11.4 Å². The third-order valence-corrected chi connectivity index (χ3v) is 4.64. The van der Waals surface area contributed by atoms with Crippen molar-refractivity contribution in [2.75, 3.05) is 13.7 Å². The Morgan fingerprint density at radius 1 is 1.16 bits per heavy atom. The number of benzene rings is 2. The maximum absolute atomic E-state index is 6.08. The van der Waals surface area contributed by atoms with Crippen molar-refractivity contribution in [3.63, 3.8) is 0 Å². The van der Waals surface area contributed by atoms with Gasteiger partial charge in [-0.05, 0) is 31.2 Å². The summed E-state index contributed by atoms with van der Waals surface area (Å²) in [5.41, 5.74) is 1.89. The van der Waals surface area contributed by atoms with Gasteiger partial charge in [-0.25, -0.2) is 4.98 Å². The highest BCUT2D eigenvalue weighted by Gasteiger charge is 2.13. The summed E-state index contributed by atoms with van der Waals surface area (Å²) in [6, 6.07) is 13.4. The minimum Gasteiger partial charge on any atom is -0.496 e. The highest BCUT2D eigenvalue weighted by Crippen LogP contribution is 2.32. The number of hydrogen-bond acceptors (Lipinski definition) is 5. The number of hydrogen-bond donors (Lipinski definition) is 1. The molecule has 0 fully saturated rings. The van der Waals surface area contributed by atoms with Gasteiger partial charge in [-0.2, -0.15) is 0 Å². The minimum atomic E-state index is 0.618. The van der Waals surface area contributed by atoms with Gasteiger partial charge in [0.1, 0.15) is 11.5 Å². The first-order chi connectivity index (χ1) is 12.2. The molecule has 0 bridgehead atoms. The molecule has 0 spiro atoms. The van der Waals surface area contributed by atoms with E-state index in [0.29, 0.717) is 28.4 Å². The summed E-state index contributed by atoms with van der Waals surface area (Å²) in [4.78, 5) is 4.54. The molecule has 0 radical (unpaired) electrons. The van der Waals surface area contributed by atoms with Crippen molar-refractivity contribution in [2.45, 2.75) is 17.8 Å².